The number of nitrogen functional groups attached to an aromatic ring is 1. The van der Waals surface area contributed by atoms with Gasteiger partial charge >= 0.3 is 0 Å². The van der Waals surface area contributed by atoms with E-state index in [9.17, 15) is 9.59 Å². The van der Waals surface area contributed by atoms with Crippen molar-refractivity contribution >= 4 is 35.7 Å². The van der Waals surface area contributed by atoms with Crippen LogP contribution in [-0.4, -0.2) is 62.4 Å². The number of carbonyl (C=O) groups excluding carboxylic acids is 2. The molecule has 0 aliphatic heterocycles. The minimum atomic E-state index is -0.307. The summed E-state index contributed by atoms with van der Waals surface area (Å²) < 4.78 is 1.40. The Labute approximate surface area is 210 Å². The number of amides is 2. The van der Waals surface area contributed by atoms with Crippen molar-refractivity contribution in [2.24, 2.45) is 0 Å². The van der Waals surface area contributed by atoms with E-state index in [1.54, 1.807) is 26.2 Å². The summed E-state index contributed by atoms with van der Waals surface area (Å²) in [6.07, 6.45) is 0.750. The van der Waals surface area contributed by atoms with Gasteiger partial charge in [-0.2, -0.15) is 0 Å². The molecule has 2 N–H and O–H groups in total. The van der Waals surface area contributed by atoms with Gasteiger partial charge in [-0.15, -0.1) is 10.2 Å². The predicted octanol–water partition coefficient (Wildman–Crippen LogP) is 3.94. The van der Waals surface area contributed by atoms with Gasteiger partial charge in [0.2, 0.25) is 17.5 Å². The van der Waals surface area contributed by atoms with Crippen LogP contribution < -0.4 is 5.84 Å². The van der Waals surface area contributed by atoms with Gasteiger partial charge in [0.1, 0.15) is 0 Å². The number of nitrogens with zero attached hydrogens (tertiary/aromatic N) is 5. The van der Waals surface area contributed by atoms with Crippen LogP contribution in [0.15, 0.2) is 59.8 Å². The quantitative estimate of drug-likeness (QED) is 0.298. The summed E-state index contributed by atoms with van der Waals surface area (Å²) in [4.78, 5) is 25.7. The SMILES string of the molecule is CC(C)(C)N(Cc1ccccc1)C(=O)CSc1nnc(-c2ccc(Cl)cc2)n1N.CN(C)C=O. The molecule has 0 spiro atoms. The third-order valence-electron chi connectivity index (χ3n) is 4.60. The van der Waals surface area contributed by atoms with Crippen molar-refractivity contribution < 1.29 is 9.59 Å². The fourth-order valence-electron chi connectivity index (χ4n) is 2.84. The maximum Gasteiger partial charge on any atom is 0.233 e. The summed E-state index contributed by atoms with van der Waals surface area (Å²) >= 11 is 7.21. The zero-order valence-corrected chi connectivity index (χ0v) is 21.7. The lowest BCUT2D eigenvalue weighted by Gasteiger charge is -2.36. The highest BCUT2D eigenvalue weighted by Gasteiger charge is 2.27. The van der Waals surface area contributed by atoms with Crippen molar-refractivity contribution in [3.63, 3.8) is 0 Å². The third kappa shape index (κ3) is 8.07. The molecule has 0 saturated carbocycles. The summed E-state index contributed by atoms with van der Waals surface area (Å²) in [5.74, 6) is 6.92. The minimum Gasteiger partial charge on any atom is -0.351 e. The van der Waals surface area contributed by atoms with Gasteiger partial charge in [-0.25, -0.2) is 4.68 Å². The van der Waals surface area contributed by atoms with Crippen molar-refractivity contribution in [2.75, 3.05) is 25.7 Å². The highest BCUT2D eigenvalue weighted by atomic mass is 35.5. The fraction of sp³-hybridized carbons (Fsp3) is 0.333. The van der Waals surface area contributed by atoms with Crippen LogP contribution in [0.1, 0.15) is 26.3 Å². The number of hydrogen-bond donors (Lipinski definition) is 1. The number of hydrogen-bond acceptors (Lipinski definition) is 6. The van der Waals surface area contributed by atoms with E-state index in [4.69, 9.17) is 17.4 Å². The Morgan fingerprint density at radius 2 is 1.68 bits per heavy atom. The minimum absolute atomic E-state index is 0.0161. The van der Waals surface area contributed by atoms with Gasteiger partial charge in [0.15, 0.2) is 5.82 Å². The van der Waals surface area contributed by atoms with Gasteiger partial charge in [0.05, 0.1) is 5.75 Å². The van der Waals surface area contributed by atoms with E-state index in [0.717, 1.165) is 17.5 Å². The molecule has 0 aliphatic carbocycles. The number of rotatable bonds is 7. The first-order valence-corrected chi connectivity index (χ1v) is 11.9. The molecule has 0 atom stereocenters. The van der Waals surface area contributed by atoms with Gasteiger partial charge in [0, 0.05) is 36.8 Å². The Morgan fingerprint density at radius 3 is 2.21 bits per heavy atom. The Balaban J connectivity index is 0.000000739. The van der Waals surface area contributed by atoms with Crippen LogP contribution in [0.3, 0.4) is 0 Å². The molecule has 0 bridgehead atoms. The van der Waals surface area contributed by atoms with E-state index in [1.807, 2.05) is 68.1 Å². The van der Waals surface area contributed by atoms with E-state index >= 15 is 0 Å². The molecule has 3 aromatic rings. The molecule has 10 heteroatoms. The molecular formula is C24H31ClN6O2S. The smallest absolute Gasteiger partial charge is 0.233 e. The number of halogens is 1. The second kappa shape index (κ2) is 12.4. The molecule has 8 nitrogen and oxygen atoms in total. The van der Waals surface area contributed by atoms with Crippen molar-refractivity contribution in [3.8, 4) is 11.4 Å². The second-order valence-corrected chi connectivity index (χ2v) is 10.1. The largest absolute Gasteiger partial charge is 0.351 e. The molecular weight excluding hydrogens is 472 g/mol. The maximum atomic E-state index is 13.0. The van der Waals surface area contributed by atoms with E-state index < -0.39 is 0 Å². The highest BCUT2D eigenvalue weighted by molar-refractivity contribution is 7.99. The van der Waals surface area contributed by atoms with E-state index in [2.05, 4.69) is 10.2 Å². The Morgan fingerprint density at radius 1 is 1.09 bits per heavy atom. The van der Waals surface area contributed by atoms with E-state index in [1.165, 1.54) is 21.3 Å². The highest BCUT2D eigenvalue weighted by Crippen LogP contribution is 2.25. The van der Waals surface area contributed by atoms with Crippen molar-refractivity contribution in [2.45, 2.75) is 38.0 Å². The number of aromatic nitrogens is 3. The summed E-state index contributed by atoms with van der Waals surface area (Å²) in [7, 11) is 3.38. The average Bonchev–Trinajstić information content (AvgIpc) is 3.17. The summed E-state index contributed by atoms with van der Waals surface area (Å²) in [5.41, 5.74) is 1.59. The zero-order chi connectivity index (χ0) is 25.3. The van der Waals surface area contributed by atoms with Crippen LogP contribution in [0.2, 0.25) is 5.02 Å². The number of nitrogens with two attached hydrogens (primary N) is 1. The van der Waals surface area contributed by atoms with E-state index in [0.29, 0.717) is 22.5 Å². The lowest BCUT2D eigenvalue weighted by molar-refractivity contribution is -0.133. The molecule has 3 rings (SSSR count). The lowest BCUT2D eigenvalue weighted by Crippen LogP contribution is -2.46. The Bertz CT molecular complexity index is 1070. The van der Waals surface area contributed by atoms with Crippen LogP contribution in [0.5, 0.6) is 0 Å². The van der Waals surface area contributed by atoms with Gasteiger partial charge in [0.25, 0.3) is 0 Å². The maximum absolute atomic E-state index is 13.0. The molecule has 34 heavy (non-hydrogen) atoms. The first kappa shape index (κ1) is 27.2. The van der Waals surface area contributed by atoms with Crippen LogP contribution in [0.4, 0.5) is 0 Å². The summed E-state index contributed by atoms with van der Waals surface area (Å²) in [6, 6.07) is 17.2. The first-order chi connectivity index (χ1) is 16.0. The Kier molecular flexibility index (Phi) is 9.95. The molecule has 0 unspecified atom stereocenters. The van der Waals surface area contributed by atoms with Crippen LogP contribution >= 0.6 is 23.4 Å². The number of benzene rings is 2. The molecule has 0 aliphatic rings. The van der Waals surface area contributed by atoms with E-state index in [-0.39, 0.29) is 17.2 Å². The molecule has 0 fully saturated rings. The van der Waals surface area contributed by atoms with Crippen molar-refractivity contribution in [1.82, 2.24) is 24.7 Å². The molecule has 0 radical (unpaired) electrons. The third-order valence-corrected chi connectivity index (χ3v) is 5.78. The van der Waals surface area contributed by atoms with Gasteiger partial charge in [-0.1, -0.05) is 53.7 Å². The molecule has 1 heterocycles. The van der Waals surface area contributed by atoms with Crippen molar-refractivity contribution in [3.05, 3.63) is 65.2 Å². The predicted molar refractivity (Wildman–Crippen MR) is 138 cm³/mol. The molecule has 1 aromatic heterocycles. The van der Waals surface area contributed by atoms with Gasteiger partial charge in [-0.05, 0) is 50.6 Å². The molecule has 2 amide bonds. The van der Waals surface area contributed by atoms with Crippen molar-refractivity contribution in [1.29, 1.82) is 0 Å². The van der Waals surface area contributed by atoms with Crippen LogP contribution in [0.25, 0.3) is 11.4 Å². The number of carbonyl (C=O) groups is 2. The lowest BCUT2D eigenvalue weighted by atomic mass is 10.0. The van der Waals surface area contributed by atoms with Crippen LogP contribution in [0, 0.1) is 0 Å². The number of thioether (sulfide) groups is 1. The normalized spacial score (nSPS) is 10.8. The fourth-order valence-corrected chi connectivity index (χ4v) is 3.70. The summed E-state index contributed by atoms with van der Waals surface area (Å²) in [5, 5.41) is 9.41. The molecule has 0 saturated heterocycles. The van der Waals surface area contributed by atoms with Crippen LogP contribution in [-0.2, 0) is 16.1 Å². The molecule has 182 valence electrons. The second-order valence-electron chi connectivity index (χ2n) is 8.68. The topological polar surface area (TPSA) is 97.3 Å². The standard InChI is InChI=1S/C21H24ClN5OS.C3H7NO/c1-21(2,3)26(13-15-7-5-4-6-8-15)18(28)14-29-20-25-24-19(27(20)23)16-9-11-17(22)12-10-16;1-4(2)3-5/h4-12H,13-14,23H2,1-3H3;3H,1-2H3. The first-order valence-electron chi connectivity index (χ1n) is 10.6. The van der Waals surface area contributed by atoms with Gasteiger partial charge < -0.3 is 15.6 Å². The monoisotopic (exact) mass is 502 g/mol. The summed E-state index contributed by atoms with van der Waals surface area (Å²) in [6.45, 7) is 6.64. The zero-order valence-electron chi connectivity index (χ0n) is 20.1. The van der Waals surface area contributed by atoms with Gasteiger partial charge in [-0.3, -0.25) is 9.59 Å². The average molecular weight is 503 g/mol. The Hall–Kier alpha value is -3.04. The molecule has 2 aromatic carbocycles.